The highest BCUT2D eigenvalue weighted by Gasteiger charge is 1.80. The fraction of sp³-hybridized carbons (Fsp3) is 0.250. The predicted molar refractivity (Wildman–Crippen MR) is 27.8 cm³/mol. The van der Waals surface area contributed by atoms with Crippen LogP contribution < -0.4 is 0 Å². The molecule has 6 heavy (non-hydrogen) atoms. The Labute approximate surface area is 44.0 Å². The number of nitrogens with zero attached hydrogens (tertiary/aromatic N) is 1. The van der Waals surface area contributed by atoms with E-state index in [2.05, 4.69) is 11.5 Å². The smallest absolute Gasteiger partial charge is 0.226 e. The van der Waals surface area contributed by atoms with E-state index in [4.69, 9.17) is 5.26 Å². The molecule has 0 radical (unpaired) electrons. The number of nitriles is 1. The summed E-state index contributed by atoms with van der Waals surface area (Å²) in [6, 6.07) is 0. The summed E-state index contributed by atoms with van der Waals surface area (Å²) in [5, 5.41) is 8.92. The van der Waals surface area contributed by atoms with Crippen LogP contribution in [0.15, 0.2) is 12.7 Å². The zero-order valence-corrected chi connectivity index (χ0v) is 5.06. The van der Waals surface area contributed by atoms with Gasteiger partial charge in [-0.25, -0.2) is 5.26 Å². The molecule has 0 rings (SSSR count). The molecule has 0 bridgehead atoms. The third-order valence-electron chi connectivity index (χ3n) is 0.460. The Morgan fingerprint density at radius 1 is 2.00 bits per heavy atom. The quantitative estimate of drug-likeness (QED) is 0.278. The molecule has 0 aromatic rings. The third kappa shape index (κ3) is 3.76. The monoisotopic (exact) mass is 95.0 g/mol. The summed E-state index contributed by atoms with van der Waals surface area (Å²) in [6.07, 6.45) is 1.80. The Hall–Kier alpha value is -0.238. The molecule has 0 saturated carbocycles. The van der Waals surface area contributed by atoms with Crippen molar-refractivity contribution < 1.29 is 0 Å². The molecule has 0 aromatic carbocycles. The maximum absolute atomic E-state index is 7.96. The van der Waals surface area contributed by atoms with Crippen molar-refractivity contribution in [2.45, 2.75) is 5.28 Å². The lowest BCUT2D eigenvalue weighted by atomic mass is 10.8. The number of allylic oxidation sites excluding steroid dienone is 1. The third-order valence-corrected chi connectivity index (χ3v) is 1.38. The molecule has 1 nitrogen and oxygen atoms in total. The molecule has 0 atom stereocenters. The van der Waals surface area contributed by atoms with Crippen molar-refractivity contribution in [3.63, 3.8) is 0 Å². The lowest BCUT2D eigenvalue weighted by Crippen LogP contribution is -1.75. The first-order valence-electron chi connectivity index (χ1n) is 1.89. The minimum absolute atomic E-state index is 0.391. The van der Waals surface area contributed by atoms with Gasteiger partial charge < -0.3 is 0 Å². The molecule has 0 unspecified atom stereocenters. The van der Waals surface area contributed by atoms with E-state index >= 15 is 0 Å². The molecule has 0 N–H and O–H groups in total. The van der Waals surface area contributed by atoms with Crippen LogP contribution in [0.3, 0.4) is 0 Å². The SMILES string of the molecule is C=C[CH2][AlH][C]#N. The number of hydrogen-bond donors (Lipinski definition) is 0. The first-order valence-corrected chi connectivity index (χ1v) is 3.60. The average molecular weight is 95.1 g/mol. The molecule has 0 fully saturated rings. The predicted octanol–water partition coefficient (Wildman–Crippen LogP) is 0.508. The van der Waals surface area contributed by atoms with Gasteiger partial charge in [0.05, 0.1) is 0 Å². The summed E-state index contributed by atoms with van der Waals surface area (Å²) in [5.74, 6) is 0. The molecule has 0 saturated heterocycles. The van der Waals surface area contributed by atoms with E-state index in [9.17, 15) is 0 Å². The largest absolute Gasteiger partial charge is 0.403 e. The number of rotatable bonds is 2. The van der Waals surface area contributed by atoms with Gasteiger partial charge in [-0.2, -0.15) is 0 Å². The highest BCUT2D eigenvalue weighted by molar-refractivity contribution is 6.45. The summed E-state index contributed by atoms with van der Waals surface area (Å²) < 4.78 is 0. The summed E-state index contributed by atoms with van der Waals surface area (Å²) in [5.41, 5.74) is 0. The van der Waals surface area contributed by atoms with Crippen LogP contribution in [0.5, 0.6) is 0 Å². The second kappa shape index (κ2) is 4.76. The Balaban J connectivity index is 2.72. The Morgan fingerprint density at radius 2 is 2.67 bits per heavy atom. The molecular formula is C4H6AlN. The van der Waals surface area contributed by atoms with Gasteiger partial charge >= 0.3 is 15.2 Å². The van der Waals surface area contributed by atoms with Crippen molar-refractivity contribution in [3.05, 3.63) is 12.7 Å². The fourth-order valence-electron chi connectivity index (χ4n) is 0.167. The first kappa shape index (κ1) is 5.76. The van der Waals surface area contributed by atoms with E-state index in [1.165, 1.54) is 0 Å². The van der Waals surface area contributed by atoms with Crippen LogP contribution in [0.2, 0.25) is 5.28 Å². The van der Waals surface area contributed by atoms with Crippen LogP contribution in [0.1, 0.15) is 0 Å². The minimum Gasteiger partial charge on any atom is -0.226 e. The van der Waals surface area contributed by atoms with Gasteiger partial charge in [-0.3, -0.25) is 0 Å². The highest BCUT2D eigenvalue weighted by Crippen LogP contribution is 1.72. The van der Waals surface area contributed by atoms with Gasteiger partial charge in [0.15, 0.2) is 0 Å². The molecule has 0 aromatic heterocycles. The van der Waals surface area contributed by atoms with E-state index in [0.717, 1.165) is 5.28 Å². The first-order chi connectivity index (χ1) is 2.91. The van der Waals surface area contributed by atoms with Gasteiger partial charge in [-0.05, 0) is 0 Å². The van der Waals surface area contributed by atoms with Crippen molar-refractivity contribution in [1.82, 2.24) is 0 Å². The van der Waals surface area contributed by atoms with Crippen LogP contribution >= 0.6 is 0 Å². The second-order valence-corrected chi connectivity index (χ2v) is 2.38. The molecule has 0 aliphatic heterocycles. The van der Waals surface area contributed by atoms with Crippen LogP contribution in [-0.4, -0.2) is 15.2 Å². The molecule has 30 valence electrons. The van der Waals surface area contributed by atoms with Crippen LogP contribution in [0.4, 0.5) is 0 Å². The van der Waals surface area contributed by atoms with Crippen molar-refractivity contribution in [2.24, 2.45) is 0 Å². The molecule has 0 heterocycles. The van der Waals surface area contributed by atoms with Gasteiger partial charge in [-0.1, -0.05) is 10.2 Å². The molecule has 2 heteroatoms. The zero-order valence-electron chi connectivity index (χ0n) is 3.65. The molecule has 0 aliphatic carbocycles. The highest BCUT2D eigenvalue weighted by atomic mass is 27.1. The van der Waals surface area contributed by atoms with E-state index in [0.29, 0.717) is 0 Å². The maximum Gasteiger partial charge on any atom is 0.403 e. The van der Waals surface area contributed by atoms with Crippen molar-refractivity contribution in [3.8, 4) is 4.93 Å². The van der Waals surface area contributed by atoms with Gasteiger partial charge in [0.1, 0.15) is 0 Å². The summed E-state index contributed by atoms with van der Waals surface area (Å²) in [4.78, 5) is 2.14. The topological polar surface area (TPSA) is 23.8 Å². The van der Waals surface area contributed by atoms with Crippen molar-refractivity contribution in [2.75, 3.05) is 0 Å². The Bertz CT molecular complexity index is 72.1. The molecule has 0 spiro atoms. The Kier molecular flexibility index (Phi) is 4.57. The lowest BCUT2D eigenvalue weighted by Gasteiger charge is -1.65. The van der Waals surface area contributed by atoms with Crippen LogP contribution in [0.25, 0.3) is 0 Å². The van der Waals surface area contributed by atoms with E-state index in [-0.39, 0.29) is 0 Å². The lowest BCUT2D eigenvalue weighted by molar-refractivity contribution is 1.55. The Morgan fingerprint density at radius 3 is 2.83 bits per heavy atom. The molecular weight excluding hydrogens is 89.0 g/mol. The van der Waals surface area contributed by atoms with E-state index < -0.39 is 15.2 Å². The standard InChI is InChI=1S/C3H5.CN.Al.H/c1-3-2;1-2;;/h3H,1-2H2;;;. The average Bonchev–Trinajstić information content (AvgIpc) is 1.61. The van der Waals surface area contributed by atoms with E-state index in [1.807, 2.05) is 0 Å². The maximum atomic E-state index is 7.96. The van der Waals surface area contributed by atoms with Crippen molar-refractivity contribution in [1.29, 1.82) is 5.26 Å². The van der Waals surface area contributed by atoms with Crippen molar-refractivity contribution >= 4 is 15.2 Å². The van der Waals surface area contributed by atoms with E-state index in [1.54, 1.807) is 6.08 Å². The second-order valence-electron chi connectivity index (χ2n) is 0.985. The summed E-state index contributed by atoms with van der Waals surface area (Å²) >= 11 is -0.391. The van der Waals surface area contributed by atoms with Gasteiger partial charge in [0.25, 0.3) is 0 Å². The zero-order chi connectivity index (χ0) is 4.83. The van der Waals surface area contributed by atoms with Gasteiger partial charge in [0.2, 0.25) is 0 Å². The van der Waals surface area contributed by atoms with Gasteiger partial charge in [-0.15, -0.1) is 12.7 Å². The minimum atomic E-state index is -0.391. The van der Waals surface area contributed by atoms with Crippen LogP contribution in [-0.2, 0) is 0 Å². The normalized spacial score (nSPS) is 5.83. The molecule has 0 amide bonds. The summed E-state index contributed by atoms with van der Waals surface area (Å²) in [6.45, 7) is 3.48. The fourth-order valence-corrected chi connectivity index (χ4v) is 0.500. The molecule has 0 aliphatic rings. The van der Waals surface area contributed by atoms with Crippen LogP contribution in [0, 0.1) is 10.2 Å². The van der Waals surface area contributed by atoms with Gasteiger partial charge in [0, 0.05) is 0 Å². The summed E-state index contributed by atoms with van der Waals surface area (Å²) in [7, 11) is 0. The number of hydrogen-bond acceptors (Lipinski definition) is 1.